The number of aliphatic carboxylic acids is 1. The minimum absolute atomic E-state index is 0.125. The van der Waals surface area contributed by atoms with Gasteiger partial charge in [-0.3, -0.25) is 19.3 Å². The number of halogens is 2. The zero-order valence-electron chi connectivity index (χ0n) is 16.6. The van der Waals surface area contributed by atoms with Gasteiger partial charge in [0.2, 0.25) is 5.91 Å². The summed E-state index contributed by atoms with van der Waals surface area (Å²) in [5.41, 5.74) is 2.08. The number of hydrogen-bond acceptors (Lipinski definition) is 6. The fraction of sp³-hybridized carbons (Fsp3) is 0.143. The van der Waals surface area contributed by atoms with Crippen LogP contribution in [-0.2, 0) is 14.4 Å². The van der Waals surface area contributed by atoms with Crippen molar-refractivity contribution in [2.24, 2.45) is 0 Å². The zero-order valence-corrected chi connectivity index (χ0v) is 19.7. The molecule has 0 unspecified atom stereocenters. The molecule has 0 saturated carbocycles. The molecular weight excluding hydrogens is 524 g/mol. The van der Waals surface area contributed by atoms with Crippen LogP contribution in [0.25, 0.3) is 6.08 Å². The smallest absolute Gasteiger partial charge is 0.341 e. The number of carboxylic acid groups (broad SMARTS) is 1. The van der Waals surface area contributed by atoms with Gasteiger partial charge < -0.3 is 15.2 Å². The number of thioether (sulfide) groups is 1. The van der Waals surface area contributed by atoms with Crippen molar-refractivity contribution in [2.75, 3.05) is 18.5 Å². The van der Waals surface area contributed by atoms with Crippen LogP contribution >= 0.6 is 39.3 Å². The minimum Gasteiger partial charge on any atom is -0.479 e. The van der Waals surface area contributed by atoms with Gasteiger partial charge in [-0.05, 0) is 70.5 Å². The number of carbonyl (C=O) groups is 4. The maximum absolute atomic E-state index is 12.7. The summed E-state index contributed by atoms with van der Waals surface area (Å²) in [6, 6.07) is 10.2. The zero-order chi connectivity index (χ0) is 23.4. The highest BCUT2D eigenvalue weighted by molar-refractivity contribution is 9.10. The van der Waals surface area contributed by atoms with E-state index in [1.807, 2.05) is 19.1 Å². The average Bonchev–Trinajstić information content (AvgIpc) is 2.96. The van der Waals surface area contributed by atoms with E-state index in [-0.39, 0.29) is 15.7 Å². The normalized spacial score (nSPS) is 14.7. The third-order valence-electron chi connectivity index (χ3n) is 4.17. The largest absolute Gasteiger partial charge is 0.479 e. The molecule has 2 aromatic carbocycles. The molecule has 1 heterocycles. The van der Waals surface area contributed by atoms with E-state index in [2.05, 4.69) is 21.2 Å². The first kappa shape index (κ1) is 23.8. The molecular formula is C21H16BrClN2O6S. The number of rotatable bonds is 7. The van der Waals surface area contributed by atoms with Crippen LogP contribution in [0.5, 0.6) is 5.75 Å². The van der Waals surface area contributed by atoms with E-state index in [4.69, 9.17) is 21.4 Å². The van der Waals surface area contributed by atoms with E-state index >= 15 is 0 Å². The summed E-state index contributed by atoms with van der Waals surface area (Å²) in [5.74, 6) is -2.11. The third kappa shape index (κ3) is 5.90. The van der Waals surface area contributed by atoms with Crippen LogP contribution in [-0.4, -0.2) is 46.2 Å². The molecule has 0 spiro atoms. The molecule has 2 aromatic rings. The number of hydrogen-bond donors (Lipinski definition) is 2. The number of nitrogens with one attached hydrogen (secondary N) is 1. The Kier molecular flexibility index (Phi) is 7.60. The number of anilines is 1. The number of nitrogens with zero attached hydrogens (tertiary/aromatic N) is 1. The van der Waals surface area contributed by atoms with E-state index in [1.54, 1.807) is 18.2 Å². The van der Waals surface area contributed by atoms with Gasteiger partial charge in [-0.2, -0.15) is 0 Å². The fourth-order valence-electron chi connectivity index (χ4n) is 2.70. The molecule has 2 N–H and O–H groups in total. The topological polar surface area (TPSA) is 113 Å². The van der Waals surface area contributed by atoms with Crippen LogP contribution in [0.3, 0.4) is 0 Å². The quantitative estimate of drug-likeness (QED) is 0.496. The van der Waals surface area contributed by atoms with E-state index in [0.717, 1.165) is 10.5 Å². The van der Waals surface area contributed by atoms with Gasteiger partial charge in [0.15, 0.2) is 12.4 Å². The highest BCUT2D eigenvalue weighted by Crippen LogP contribution is 2.37. The molecule has 0 aromatic heterocycles. The summed E-state index contributed by atoms with van der Waals surface area (Å²) >= 11 is 10.1. The molecule has 166 valence electrons. The average molecular weight is 540 g/mol. The van der Waals surface area contributed by atoms with Crippen molar-refractivity contribution in [2.45, 2.75) is 6.92 Å². The van der Waals surface area contributed by atoms with Crippen molar-refractivity contribution in [3.63, 3.8) is 0 Å². The van der Waals surface area contributed by atoms with Crippen molar-refractivity contribution >= 4 is 74.1 Å². The number of aryl methyl sites for hydroxylation is 1. The molecule has 0 atom stereocenters. The number of imide groups is 1. The Morgan fingerprint density at radius 3 is 2.56 bits per heavy atom. The van der Waals surface area contributed by atoms with Crippen LogP contribution in [0.4, 0.5) is 10.5 Å². The Hall–Kier alpha value is -2.82. The third-order valence-corrected chi connectivity index (χ3v) is 5.95. The van der Waals surface area contributed by atoms with Gasteiger partial charge in [-0.15, -0.1) is 0 Å². The van der Waals surface area contributed by atoms with Gasteiger partial charge in [-0.25, -0.2) is 4.79 Å². The summed E-state index contributed by atoms with van der Waals surface area (Å²) in [7, 11) is 0. The lowest BCUT2D eigenvalue weighted by atomic mass is 10.2. The SMILES string of the molecule is Cc1ccc(NC(=O)CN2C(=O)S/C(=C\c3cc(Cl)c(OCC(=O)O)c(Br)c3)C2=O)cc1. The standard InChI is InChI=1S/C21H16BrClN2O6S/c1-11-2-4-13(5-3-11)24-17(26)9-25-20(29)16(32-21(25)30)8-12-6-14(22)19(15(23)7-12)31-10-18(27)28/h2-8H,9-10H2,1H3,(H,24,26)(H,27,28)/b16-8-. The monoisotopic (exact) mass is 538 g/mol. The number of carboxylic acids is 1. The van der Waals surface area contributed by atoms with E-state index in [9.17, 15) is 19.2 Å². The van der Waals surface area contributed by atoms with E-state index in [0.29, 0.717) is 27.5 Å². The second-order valence-corrected chi connectivity index (χ2v) is 8.93. The Balaban J connectivity index is 1.71. The summed E-state index contributed by atoms with van der Waals surface area (Å²) in [5, 5.41) is 11.0. The molecule has 1 aliphatic rings. The lowest BCUT2D eigenvalue weighted by Gasteiger charge is -2.12. The van der Waals surface area contributed by atoms with Crippen LogP contribution in [0.15, 0.2) is 45.8 Å². The maximum Gasteiger partial charge on any atom is 0.341 e. The second-order valence-electron chi connectivity index (χ2n) is 6.68. The molecule has 3 rings (SSSR count). The molecule has 3 amide bonds. The minimum atomic E-state index is -1.16. The van der Waals surface area contributed by atoms with Crippen LogP contribution in [0, 0.1) is 6.92 Å². The highest BCUT2D eigenvalue weighted by Gasteiger charge is 2.36. The summed E-state index contributed by atoms with van der Waals surface area (Å²) in [6.07, 6.45) is 1.46. The predicted molar refractivity (Wildman–Crippen MR) is 125 cm³/mol. The summed E-state index contributed by atoms with van der Waals surface area (Å²) in [6.45, 7) is 0.935. The van der Waals surface area contributed by atoms with Gasteiger partial charge in [0.1, 0.15) is 6.54 Å². The highest BCUT2D eigenvalue weighted by atomic mass is 79.9. The summed E-state index contributed by atoms with van der Waals surface area (Å²) < 4.78 is 5.51. The Morgan fingerprint density at radius 1 is 1.25 bits per heavy atom. The number of carbonyl (C=O) groups excluding carboxylic acids is 3. The lowest BCUT2D eigenvalue weighted by Crippen LogP contribution is -2.36. The fourth-order valence-corrected chi connectivity index (χ4v) is 4.53. The molecule has 11 heteroatoms. The molecule has 1 fully saturated rings. The van der Waals surface area contributed by atoms with Crippen molar-refractivity contribution in [1.29, 1.82) is 0 Å². The van der Waals surface area contributed by atoms with Gasteiger partial charge in [0.05, 0.1) is 14.4 Å². The van der Waals surface area contributed by atoms with Gasteiger partial charge >= 0.3 is 5.97 Å². The van der Waals surface area contributed by atoms with Crippen molar-refractivity contribution in [3.8, 4) is 5.75 Å². The molecule has 0 aliphatic carbocycles. The first-order valence-electron chi connectivity index (χ1n) is 9.09. The maximum atomic E-state index is 12.7. The van der Waals surface area contributed by atoms with Crippen molar-refractivity contribution < 1.29 is 29.0 Å². The van der Waals surface area contributed by atoms with Crippen LogP contribution in [0.1, 0.15) is 11.1 Å². The van der Waals surface area contributed by atoms with Gasteiger partial charge in [0, 0.05) is 5.69 Å². The van der Waals surface area contributed by atoms with E-state index < -0.39 is 36.2 Å². The summed E-state index contributed by atoms with van der Waals surface area (Å²) in [4.78, 5) is 48.9. The lowest BCUT2D eigenvalue weighted by molar-refractivity contribution is -0.139. The molecule has 0 bridgehead atoms. The Bertz CT molecular complexity index is 1110. The Morgan fingerprint density at radius 2 is 1.94 bits per heavy atom. The van der Waals surface area contributed by atoms with E-state index in [1.165, 1.54) is 12.1 Å². The van der Waals surface area contributed by atoms with Crippen molar-refractivity contribution in [3.05, 3.63) is 61.9 Å². The van der Waals surface area contributed by atoms with Crippen LogP contribution < -0.4 is 10.1 Å². The first-order chi connectivity index (χ1) is 15.1. The molecule has 1 saturated heterocycles. The number of benzene rings is 2. The predicted octanol–water partition coefficient (Wildman–Crippen LogP) is 4.55. The Labute approximate surface area is 200 Å². The van der Waals surface area contributed by atoms with Gasteiger partial charge in [-0.1, -0.05) is 29.3 Å². The van der Waals surface area contributed by atoms with Crippen LogP contribution in [0.2, 0.25) is 5.02 Å². The molecule has 1 aliphatic heterocycles. The van der Waals surface area contributed by atoms with Gasteiger partial charge in [0.25, 0.3) is 11.1 Å². The molecule has 8 nitrogen and oxygen atoms in total. The second kappa shape index (κ2) is 10.2. The molecule has 32 heavy (non-hydrogen) atoms. The molecule has 0 radical (unpaired) electrons. The first-order valence-corrected chi connectivity index (χ1v) is 11.1. The number of ether oxygens (including phenoxy) is 1. The van der Waals surface area contributed by atoms with Crippen molar-refractivity contribution in [1.82, 2.24) is 4.90 Å². The number of amides is 3.